The molecule has 0 aliphatic rings. The molecule has 1 heteroatoms. The first-order chi connectivity index (χ1) is 2.27. The third-order valence-corrected chi connectivity index (χ3v) is 0.483. The molecular formula is C4H6S. The van der Waals surface area contributed by atoms with Crippen molar-refractivity contribution >= 4 is 12.6 Å². The average molecular weight is 86.2 g/mol. The van der Waals surface area contributed by atoms with Crippen molar-refractivity contribution in [1.82, 2.24) is 0 Å². The van der Waals surface area contributed by atoms with Crippen LogP contribution in [-0.2, 0) is 12.6 Å². The average Bonchev–Trinajstić information content (AvgIpc) is 1.38. The molecule has 0 N–H and O–H groups in total. The Labute approximate surface area is 38.3 Å². The molecule has 0 heterocycles. The van der Waals surface area contributed by atoms with E-state index in [0.29, 0.717) is 6.42 Å². The zero-order valence-corrected chi connectivity index (χ0v) is 3.85. The molecule has 28 valence electrons. The summed E-state index contributed by atoms with van der Waals surface area (Å²) in [6.07, 6.45) is 0.676. The molecule has 0 spiro atoms. The first-order valence-electron chi connectivity index (χ1n) is 1.41. The maximum atomic E-state index is 4.52. The summed E-state index contributed by atoms with van der Waals surface area (Å²) in [5, 5.41) is 0. The highest BCUT2D eigenvalue weighted by molar-refractivity contribution is 7.63. The standard InChI is InChI=1S/C4H6S/c1-3-4(2)5/h1-3H2. The summed E-state index contributed by atoms with van der Waals surface area (Å²) in [6.45, 7) is 6.91. The minimum absolute atomic E-state index is 0.676. The monoisotopic (exact) mass is 86.0 g/mol. The molecule has 0 aromatic rings. The van der Waals surface area contributed by atoms with Gasteiger partial charge in [-0.05, 0) is 0 Å². The second kappa shape index (κ2) is 2.09. The van der Waals surface area contributed by atoms with Gasteiger partial charge in [0.15, 0.2) is 0 Å². The van der Waals surface area contributed by atoms with Crippen molar-refractivity contribution < 1.29 is 0 Å². The molecule has 0 saturated carbocycles. The molecule has 0 aliphatic carbocycles. The van der Waals surface area contributed by atoms with E-state index in [1.54, 1.807) is 0 Å². The molecular weight excluding hydrogens is 80.1 g/mol. The summed E-state index contributed by atoms with van der Waals surface area (Å²) in [5.74, 6) is 0. The van der Waals surface area contributed by atoms with Crippen LogP contribution in [0, 0.1) is 6.92 Å². The maximum absolute atomic E-state index is 4.52. The van der Waals surface area contributed by atoms with E-state index in [4.69, 9.17) is 0 Å². The molecule has 5 heavy (non-hydrogen) atoms. The lowest BCUT2D eigenvalue weighted by atomic mass is 10.5. The highest BCUT2D eigenvalue weighted by Gasteiger charge is 1.64. The molecule has 0 aliphatic heterocycles. The van der Waals surface area contributed by atoms with Gasteiger partial charge >= 0.3 is 0 Å². The summed E-state index contributed by atoms with van der Waals surface area (Å²) in [6, 6.07) is 0. The van der Waals surface area contributed by atoms with Crippen LogP contribution < -0.4 is 0 Å². The third kappa shape index (κ3) is 3.83. The van der Waals surface area contributed by atoms with E-state index in [1.807, 2.05) is 0 Å². The van der Waals surface area contributed by atoms with E-state index in [9.17, 15) is 0 Å². The first-order valence-corrected chi connectivity index (χ1v) is 1.82. The summed E-state index contributed by atoms with van der Waals surface area (Å²) >= 11 is 4.52. The van der Waals surface area contributed by atoms with Crippen LogP contribution in [0.2, 0.25) is 0 Å². The predicted molar refractivity (Wildman–Crippen MR) is 26.5 cm³/mol. The molecule has 0 unspecified atom stereocenters. The van der Waals surface area contributed by atoms with E-state index in [1.165, 1.54) is 0 Å². The Bertz CT molecular complexity index is 38.9. The van der Waals surface area contributed by atoms with E-state index >= 15 is 0 Å². The van der Waals surface area contributed by atoms with Gasteiger partial charge < -0.3 is 12.6 Å². The van der Waals surface area contributed by atoms with Crippen LogP contribution in [0.5, 0.6) is 0 Å². The SMILES string of the molecule is C=C([S-])C[CH2+]. The normalized spacial score (nSPS) is 7.20. The quantitative estimate of drug-likeness (QED) is 0.342. The molecule has 0 aromatic heterocycles. The second-order valence-electron chi connectivity index (χ2n) is 0.789. The number of allylic oxidation sites excluding steroid dienone is 1. The van der Waals surface area contributed by atoms with Crippen LogP contribution in [0.15, 0.2) is 11.5 Å². The molecule has 0 radical (unpaired) electrons. The van der Waals surface area contributed by atoms with E-state index < -0.39 is 0 Å². The minimum atomic E-state index is 0.676. The smallest absolute Gasteiger partial charge is 0.0853 e. The van der Waals surface area contributed by atoms with Gasteiger partial charge in [-0.25, -0.2) is 0 Å². The molecule has 0 saturated heterocycles. The van der Waals surface area contributed by atoms with E-state index in [-0.39, 0.29) is 0 Å². The van der Waals surface area contributed by atoms with Crippen LogP contribution in [0.3, 0.4) is 0 Å². The summed E-state index contributed by atoms with van der Waals surface area (Å²) in [5.41, 5.74) is 0. The van der Waals surface area contributed by atoms with Gasteiger partial charge in [-0.15, -0.1) is 6.58 Å². The van der Waals surface area contributed by atoms with Crippen LogP contribution >= 0.6 is 0 Å². The molecule has 0 bridgehead atoms. The first kappa shape index (κ1) is 4.83. The van der Waals surface area contributed by atoms with Gasteiger partial charge in [0.05, 0.1) is 13.3 Å². The molecule has 0 atom stereocenters. The summed E-state index contributed by atoms with van der Waals surface area (Å²) < 4.78 is 0. The van der Waals surface area contributed by atoms with Crippen molar-refractivity contribution in [1.29, 1.82) is 0 Å². The van der Waals surface area contributed by atoms with E-state index in [2.05, 4.69) is 26.1 Å². The lowest BCUT2D eigenvalue weighted by Gasteiger charge is -1.94. The zero-order valence-electron chi connectivity index (χ0n) is 3.03. The Morgan fingerprint density at radius 1 is 2.00 bits per heavy atom. The van der Waals surface area contributed by atoms with Gasteiger partial charge in [-0.2, -0.15) is 4.91 Å². The fourth-order valence-corrected chi connectivity index (χ4v) is 0. The lowest BCUT2D eigenvalue weighted by molar-refractivity contribution is 1.39. The van der Waals surface area contributed by atoms with Crippen LogP contribution in [-0.4, -0.2) is 0 Å². The third-order valence-electron chi connectivity index (χ3n) is 0.279. The molecule has 0 nitrogen and oxygen atoms in total. The summed E-state index contributed by atoms with van der Waals surface area (Å²) in [7, 11) is 0. The zero-order chi connectivity index (χ0) is 4.28. The topological polar surface area (TPSA) is 0 Å². The Morgan fingerprint density at radius 3 is 2.20 bits per heavy atom. The van der Waals surface area contributed by atoms with Crippen molar-refractivity contribution in [2.75, 3.05) is 0 Å². The van der Waals surface area contributed by atoms with Gasteiger partial charge in [-0.1, -0.05) is 0 Å². The largest absolute Gasteiger partial charge is 0.780 e. The molecule has 0 fully saturated rings. The number of hydrogen-bond acceptors (Lipinski definition) is 1. The van der Waals surface area contributed by atoms with Crippen LogP contribution in [0.1, 0.15) is 6.42 Å². The maximum Gasteiger partial charge on any atom is 0.0853 e. The van der Waals surface area contributed by atoms with Gasteiger partial charge in [0.2, 0.25) is 0 Å². The summed E-state index contributed by atoms with van der Waals surface area (Å²) in [4.78, 5) is 0.727. The second-order valence-corrected chi connectivity index (χ2v) is 1.37. The Balaban J connectivity index is 2.85. The molecule has 0 rings (SSSR count). The highest BCUT2D eigenvalue weighted by Crippen LogP contribution is 1.86. The van der Waals surface area contributed by atoms with Crippen LogP contribution in [0.25, 0.3) is 0 Å². The predicted octanol–water partition coefficient (Wildman–Crippen LogP) is 1.27. The Morgan fingerprint density at radius 2 is 2.20 bits per heavy atom. The van der Waals surface area contributed by atoms with Crippen LogP contribution in [0.4, 0.5) is 0 Å². The van der Waals surface area contributed by atoms with E-state index in [0.717, 1.165) is 4.91 Å². The molecule has 0 aromatic carbocycles. The van der Waals surface area contributed by atoms with Crippen molar-refractivity contribution in [3.05, 3.63) is 18.4 Å². The van der Waals surface area contributed by atoms with Gasteiger partial charge in [0.1, 0.15) is 0 Å². The lowest BCUT2D eigenvalue weighted by Crippen LogP contribution is -1.61. The van der Waals surface area contributed by atoms with Crippen molar-refractivity contribution in [2.45, 2.75) is 6.42 Å². The number of hydrogen-bond donors (Lipinski definition) is 0. The molecule has 0 amide bonds. The highest BCUT2D eigenvalue weighted by atomic mass is 32.1. The van der Waals surface area contributed by atoms with Gasteiger partial charge in [-0.3, -0.25) is 0 Å². The Kier molecular flexibility index (Phi) is 2.02. The van der Waals surface area contributed by atoms with Crippen molar-refractivity contribution in [3.63, 3.8) is 0 Å². The Hall–Kier alpha value is -0.170. The van der Waals surface area contributed by atoms with Crippen molar-refractivity contribution in [2.24, 2.45) is 0 Å². The minimum Gasteiger partial charge on any atom is -0.780 e. The fraction of sp³-hybridized carbons (Fsp3) is 0.250. The van der Waals surface area contributed by atoms with Crippen molar-refractivity contribution in [3.8, 4) is 0 Å². The van der Waals surface area contributed by atoms with Gasteiger partial charge in [0, 0.05) is 0 Å². The number of rotatable bonds is 1. The fourth-order valence-electron chi connectivity index (χ4n) is 0. The van der Waals surface area contributed by atoms with Gasteiger partial charge in [0.25, 0.3) is 0 Å².